The zero-order chi connectivity index (χ0) is 19.6. The van der Waals surface area contributed by atoms with Crippen molar-refractivity contribution < 1.29 is 13.2 Å². The third-order valence-corrected chi connectivity index (χ3v) is 6.08. The average molecular weight is 392 g/mol. The van der Waals surface area contributed by atoms with Crippen LogP contribution in [-0.4, -0.2) is 20.4 Å². The van der Waals surface area contributed by atoms with E-state index >= 15 is 0 Å². The van der Waals surface area contributed by atoms with Crippen molar-refractivity contribution in [1.29, 1.82) is 0 Å². The summed E-state index contributed by atoms with van der Waals surface area (Å²) in [5, 5.41) is 2.90. The number of benzene rings is 3. The Morgan fingerprint density at radius 2 is 1.57 bits per heavy atom. The van der Waals surface area contributed by atoms with Crippen LogP contribution in [0.2, 0.25) is 0 Å². The van der Waals surface area contributed by atoms with Crippen LogP contribution in [0.3, 0.4) is 0 Å². The van der Waals surface area contributed by atoms with Gasteiger partial charge in [0.2, 0.25) is 10.0 Å². The molecule has 0 aliphatic heterocycles. The number of sulfonamides is 1. The monoisotopic (exact) mass is 392 g/mol. The van der Waals surface area contributed by atoms with E-state index in [1.807, 2.05) is 54.6 Å². The number of anilines is 1. The van der Waals surface area contributed by atoms with E-state index in [9.17, 15) is 13.2 Å². The van der Waals surface area contributed by atoms with Gasteiger partial charge in [0.15, 0.2) is 0 Å². The smallest absolute Gasteiger partial charge is 0.255 e. The molecule has 0 atom stereocenters. The number of rotatable bonds is 6. The van der Waals surface area contributed by atoms with Gasteiger partial charge in [0, 0.05) is 22.9 Å². The van der Waals surface area contributed by atoms with E-state index in [-0.39, 0.29) is 16.8 Å². The number of nitrogens with one attached hydrogen (secondary N) is 2. The second-order valence-corrected chi connectivity index (χ2v) is 8.50. The van der Waals surface area contributed by atoms with Crippen molar-refractivity contribution >= 4 is 21.6 Å². The van der Waals surface area contributed by atoms with Crippen molar-refractivity contribution in [2.75, 3.05) is 5.32 Å². The molecule has 0 heterocycles. The van der Waals surface area contributed by atoms with Gasteiger partial charge in [-0.15, -0.1) is 0 Å². The Hall–Kier alpha value is -2.96. The molecule has 3 aromatic carbocycles. The van der Waals surface area contributed by atoms with Gasteiger partial charge in [-0.3, -0.25) is 4.79 Å². The van der Waals surface area contributed by atoms with Crippen LogP contribution >= 0.6 is 0 Å². The molecule has 1 amide bonds. The lowest BCUT2D eigenvalue weighted by Crippen LogP contribution is -2.26. The third kappa shape index (κ3) is 4.13. The lowest BCUT2D eigenvalue weighted by atomic mass is 10.0. The molecule has 4 rings (SSSR count). The van der Waals surface area contributed by atoms with Crippen LogP contribution in [0.15, 0.2) is 83.8 Å². The summed E-state index contributed by atoms with van der Waals surface area (Å²) in [6.07, 6.45) is 1.71. The highest BCUT2D eigenvalue weighted by atomic mass is 32.2. The number of hydrogen-bond acceptors (Lipinski definition) is 3. The van der Waals surface area contributed by atoms with Crippen LogP contribution in [0.5, 0.6) is 0 Å². The van der Waals surface area contributed by atoms with Crippen molar-refractivity contribution in [2.45, 2.75) is 23.8 Å². The van der Waals surface area contributed by atoms with Gasteiger partial charge in [-0.25, -0.2) is 13.1 Å². The van der Waals surface area contributed by atoms with Gasteiger partial charge in [-0.1, -0.05) is 54.6 Å². The van der Waals surface area contributed by atoms with Crippen LogP contribution in [0, 0.1) is 0 Å². The Kier molecular flexibility index (Phi) is 4.98. The predicted molar refractivity (Wildman–Crippen MR) is 110 cm³/mol. The quantitative estimate of drug-likeness (QED) is 0.665. The second-order valence-electron chi connectivity index (χ2n) is 6.79. The first-order valence-corrected chi connectivity index (χ1v) is 10.6. The minimum absolute atomic E-state index is 0.0141. The molecule has 0 unspecified atom stereocenters. The fraction of sp³-hybridized carbons (Fsp3) is 0.136. The molecule has 1 aliphatic rings. The predicted octanol–water partition coefficient (Wildman–Crippen LogP) is 4.05. The van der Waals surface area contributed by atoms with Crippen LogP contribution in [-0.2, 0) is 10.0 Å². The Morgan fingerprint density at radius 1 is 0.857 bits per heavy atom. The highest BCUT2D eigenvalue weighted by Gasteiger charge is 2.28. The minimum Gasteiger partial charge on any atom is -0.321 e. The lowest BCUT2D eigenvalue weighted by molar-refractivity contribution is 0.102. The molecule has 1 aliphatic carbocycles. The maximum Gasteiger partial charge on any atom is 0.255 e. The van der Waals surface area contributed by atoms with Crippen molar-refractivity contribution in [3.8, 4) is 11.1 Å². The molecule has 3 aromatic rings. The molecule has 1 saturated carbocycles. The fourth-order valence-corrected chi connectivity index (χ4v) is 4.30. The van der Waals surface area contributed by atoms with E-state index in [1.165, 1.54) is 12.1 Å². The van der Waals surface area contributed by atoms with Gasteiger partial charge in [-0.05, 0) is 42.7 Å². The zero-order valence-corrected chi connectivity index (χ0v) is 15.9. The summed E-state index contributed by atoms with van der Waals surface area (Å²) >= 11 is 0. The van der Waals surface area contributed by atoms with Crippen molar-refractivity contribution in [3.63, 3.8) is 0 Å². The minimum atomic E-state index is -3.61. The Bertz CT molecular complexity index is 1110. The molecular weight excluding hydrogens is 372 g/mol. The van der Waals surface area contributed by atoms with Crippen LogP contribution in [0.4, 0.5) is 5.69 Å². The first kappa shape index (κ1) is 18.4. The normalized spacial score (nSPS) is 13.9. The number of hydrogen-bond donors (Lipinski definition) is 2. The van der Waals surface area contributed by atoms with Gasteiger partial charge >= 0.3 is 0 Å². The molecule has 1 fully saturated rings. The molecule has 0 spiro atoms. The molecule has 5 nitrogen and oxygen atoms in total. The third-order valence-electron chi connectivity index (χ3n) is 4.57. The topological polar surface area (TPSA) is 75.3 Å². The first-order valence-electron chi connectivity index (χ1n) is 9.11. The summed E-state index contributed by atoms with van der Waals surface area (Å²) in [6.45, 7) is 0. The van der Waals surface area contributed by atoms with Crippen molar-refractivity contribution in [2.24, 2.45) is 0 Å². The Balaban J connectivity index is 1.59. The molecular formula is C22H20N2O3S. The van der Waals surface area contributed by atoms with E-state index in [2.05, 4.69) is 10.0 Å². The van der Waals surface area contributed by atoms with Crippen LogP contribution < -0.4 is 10.0 Å². The SMILES string of the molecule is O=C(Nc1ccccc1-c1ccccc1)c1cccc(S(=O)(=O)NC2CC2)c1. The fourth-order valence-electron chi connectivity index (χ4n) is 2.95. The van der Waals surface area contributed by atoms with Crippen molar-refractivity contribution in [1.82, 2.24) is 4.72 Å². The van der Waals surface area contributed by atoms with Gasteiger partial charge < -0.3 is 5.32 Å². The zero-order valence-electron chi connectivity index (χ0n) is 15.1. The molecule has 28 heavy (non-hydrogen) atoms. The molecule has 6 heteroatoms. The standard InChI is InChI=1S/C22H20N2O3S/c25-22(17-9-6-10-19(15-17)28(26,27)24-18-13-14-18)23-21-12-5-4-11-20(21)16-7-2-1-3-8-16/h1-12,15,18,24H,13-14H2,(H,23,25). The molecule has 0 saturated heterocycles. The van der Waals surface area contributed by atoms with Crippen LogP contribution in [0.25, 0.3) is 11.1 Å². The van der Waals surface area contributed by atoms with E-state index < -0.39 is 10.0 Å². The van der Waals surface area contributed by atoms with E-state index in [0.29, 0.717) is 11.3 Å². The molecule has 2 N–H and O–H groups in total. The summed E-state index contributed by atoms with van der Waals surface area (Å²) < 4.78 is 27.5. The van der Waals surface area contributed by atoms with E-state index in [4.69, 9.17) is 0 Å². The van der Waals surface area contributed by atoms with Gasteiger partial charge in [0.25, 0.3) is 5.91 Å². The summed E-state index contributed by atoms with van der Waals surface area (Å²) in [5.74, 6) is -0.355. The summed E-state index contributed by atoms with van der Waals surface area (Å²) in [7, 11) is -3.61. The average Bonchev–Trinajstić information content (AvgIpc) is 3.52. The highest BCUT2D eigenvalue weighted by Crippen LogP contribution is 2.28. The molecule has 0 aromatic heterocycles. The van der Waals surface area contributed by atoms with E-state index in [1.54, 1.807) is 12.1 Å². The maximum atomic E-state index is 12.8. The molecule has 0 radical (unpaired) electrons. The van der Waals surface area contributed by atoms with Crippen LogP contribution in [0.1, 0.15) is 23.2 Å². The Labute approximate surface area is 164 Å². The number of amides is 1. The second kappa shape index (κ2) is 7.58. The molecule has 142 valence electrons. The van der Waals surface area contributed by atoms with Crippen molar-refractivity contribution in [3.05, 3.63) is 84.4 Å². The summed E-state index contributed by atoms with van der Waals surface area (Å²) in [6, 6.07) is 23.4. The summed E-state index contributed by atoms with van der Waals surface area (Å²) in [4.78, 5) is 12.9. The van der Waals surface area contributed by atoms with Gasteiger partial charge in [0.05, 0.1) is 4.90 Å². The maximum absolute atomic E-state index is 12.8. The lowest BCUT2D eigenvalue weighted by Gasteiger charge is -2.12. The number of carbonyl (C=O) groups is 1. The molecule has 0 bridgehead atoms. The largest absolute Gasteiger partial charge is 0.321 e. The van der Waals surface area contributed by atoms with Gasteiger partial charge in [0.1, 0.15) is 0 Å². The number of carbonyl (C=O) groups excluding carboxylic acids is 1. The van der Waals surface area contributed by atoms with E-state index in [0.717, 1.165) is 24.0 Å². The highest BCUT2D eigenvalue weighted by molar-refractivity contribution is 7.89. The number of para-hydroxylation sites is 1. The van der Waals surface area contributed by atoms with Gasteiger partial charge in [-0.2, -0.15) is 0 Å². The summed E-state index contributed by atoms with van der Waals surface area (Å²) in [5.41, 5.74) is 2.85. The first-order chi connectivity index (χ1) is 13.5. The Morgan fingerprint density at radius 3 is 2.32 bits per heavy atom.